The first-order valence-electron chi connectivity index (χ1n) is 7.82. The lowest BCUT2D eigenvalue weighted by Crippen LogP contribution is -2.20. The van der Waals surface area contributed by atoms with Gasteiger partial charge in [-0.1, -0.05) is 5.57 Å². The first-order valence-corrected chi connectivity index (χ1v) is 7.82. The molecular formula is C17H19NO4. The van der Waals surface area contributed by atoms with E-state index in [9.17, 15) is 9.90 Å². The van der Waals surface area contributed by atoms with Gasteiger partial charge in [0.05, 0.1) is 0 Å². The fourth-order valence-electron chi connectivity index (χ4n) is 3.52. The summed E-state index contributed by atoms with van der Waals surface area (Å²) in [5, 5.41) is 13.4. The van der Waals surface area contributed by atoms with E-state index in [-0.39, 0.29) is 12.6 Å². The minimum atomic E-state index is -0.892. The van der Waals surface area contributed by atoms with Crippen LogP contribution in [0.1, 0.15) is 30.4 Å². The molecule has 0 amide bonds. The molecular weight excluding hydrogens is 282 g/mol. The number of carbonyl (C=O) groups excluding carboxylic acids is 1. The van der Waals surface area contributed by atoms with E-state index in [1.165, 1.54) is 0 Å². The number of aliphatic hydroxyl groups is 1. The molecule has 0 aromatic heterocycles. The van der Waals surface area contributed by atoms with Crippen LogP contribution in [0.5, 0.6) is 11.5 Å². The third-order valence-electron chi connectivity index (χ3n) is 4.61. The van der Waals surface area contributed by atoms with Crippen LogP contribution in [0, 0.1) is 0 Å². The summed E-state index contributed by atoms with van der Waals surface area (Å²) in [6.07, 6.45) is 2.23. The highest BCUT2D eigenvalue weighted by molar-refractivity contribution is 6.26. The molecule has 0 bridgehead atoms. The Balaban J connectivity index is 1.87. The minimum Gasteiger partial charge on any atom is -0.454 e. The van der Waals surface area contributed by atoms with Crippen molar-refractivity contribution in [1.29, 1.82) is 0 Å². The Morgan fingerprint density at radius 1 is 1.14 bits per heavy atom. The van der Waals surface area contributed by atoms with Crippen molar-refractivity contribution in [2.24, 2.45) is 0 Å². The molecule has 2 N–H and O–H groups in total. The quantitative estimate of drug-likeness (QED) is 0.759. The molecule has 1 aromatic rings. The number of ether oxygens (including phenoxy) is 2. The zero-order chi connectivity index (χ0) is 15.1. The summed E-state index contributed by atoms with van der Waals surface area (Å²) >= 11 is 0. The van der Waals surface area contributed by atoms with Gasteiger partial charge in [-0.05, 0) is 55.6 Å². The van der Waals surface area contributed by atoms with Crippen molar-refractivity contribution in [3.8, 4) is 11.5 Å². The van der Waals surface area contributed by atoms with Gasteiger partial charge in [-0.15, -0.1) is 0 Å². The summed E-state index contributed by atoms with van der Waals surface area (Å²) in [7, 11) is 0. The lowest BCUT2D eigenvalue weighted by atomic mass is 9.92. The van der Waals surface area contributed by atoms with Gasteiger partial charge < -0.3 is 19.9 Å². The van der Waals surface area contributed by atoms with Crippen LogP contribution in [0.4, 0.5) is 0 Å². The number of fused-ring (bicyclic) bond motifs is 3. The van der Waals surface area contributed by atoms with Crippen molar-refractivity contribution in [3.63, 3.8) is 0 Å². The van der Waals surface area contributed by atoms with Gasteiger partial charge in [0.2, 0.25) is 6.79 Å². The van der Waals surface area contributed by atoms with Crippen LogP contribution in [0.25, 0.3) is 5.57 Å². The number of nitrogens with one attached hydrogen (secondary N) is 1. The summed E-state index contributed by atoms with van der Waals surface area (Å²) in [5.74, 6) is 1.28. The van der Waals surface area contributed by atoms with Crippen LogP contribution < -0.4 is 14.8 Å². The Hall–Kier alpha value is -1.85. The number of ketones is 1. The van der Waals surface area contributed by atoms with Crippen LogP contribution in [0.3, 0.4) is 0 Å². The van der Waals surface area contributed by atoms with Gasteiger partial charge in [-0.3, -0.25) is 4.79 Å². The number of benzene rings is 1. The van der Waals surface area contributed by atoms with Crippen molar-refractivity contribution < 1.29 is 19.4 Å². The predicted octanol–water partition coefficient (Wildman–Crippen LogP) is 1.43. The molecule has 0 fully saturated rings. The largest absolute Gasteiger partial charge is 0.454 e. The van der Waals surface area contributed by atoms with Crippen LogP contribution in [0.15, 0.2) is 17.7 Å². The summed E-state index contributed by atoms with van der Waals surface area (Å²) in [6, 6.07) is 3.88. The minimum absolute atomic E-state index is 0.149. The van der Waals surface area contributed by atoms with Gasteiger partial charge in [0.1, 0.15) is 6.10 Å². The Morgan fingerprint density at radius 3 is 2.82 bits per heavy atom. The van der Waals surface area contributed by atoms with E-state index in [0.29, 0.717) is 17.7 Å². The molecule has 0 spiro atoms. The Labute approximate surface area is 128 Å². The van der Waals surface area contributed by atoms with E-state index < -0.39 is 6.10 Å². The molecule has 0 radical (unpaired) electrons. The van der Waals surface area contributed by atoms with Crippen molar-refractivity contribution in [3.05, 3.63) is 28.8 Å². The van der Waals surface area contributed by atoms with Crippen molar-refractivity contribution in [2.45, 2.75) is 31.8 Å². The van der Waals surface area contributed by atoms with Crippen LogP contribution in [0.2, 0.25) is 0 Å². The van der Waals surface area contributed by atoms with E-state index in [1.54, 1.807) is 0 Å². The summed E-state index contributed by atoms with van der Waals surface area (Å²) in [4.78, 5) is 12.5. The maximum absolute atomic E-state index is 12.5. The zero-order valence-corrected chi connectivity index (χ0v) is 12.4. The zero-order valence-electron chi connectivity index (χ0n) is 12.4. The van der Waals surface area contributed by atoms with Gasteiger partial charge in [0, 0.05) is 12.0 Å². The maximum atomic E-state index is 12.5. The fraction of sp³-hybridized carbons (Fsp3) is 0.471. The summed E-state index contributed by atoms with van der Waals surface area (Å²) in [6.45, 7) is 2.02. The average molecular weight is 301 g/mol. The molecule has 4 rings (SSSR count). The molecule has 2 aliphatic heterocycles. The number of carbonyl (C=O) groups is 1. The van der Waals surface area contributed by atoms with E-state index >= 15 is 0 Å². The molecule has 0 saturated carbocycles. The third kappa shape index (κ3) is 2.21. The summed E-state index contributed by atoms with van der Waals surface area (Å²) < 4.78 is 10.9. The Morgan fingerprint density at radius 2 is 1.95 bits per heavy atom. The van der Waals surface area contributed by atoms with E-state index in [0.717, 1.165) is 54.8 Å². The Bertz CT molecular complexity index is 665. The maximum Gasteiger partial charge on any atom is 0.231 e. The highest BCUT2D eigenvalue weighted by atomic mass is 16.7. The van der Waals surface area contributed by atoms with Gasteiger partial charge in [-0.25, -0.2) is 0 Å². The third-order valence-corrected chi connectivity index (χ3v) is 4.61. The number of hydrogen-bond donors (Lipinski definition) is 2. The highest BCUT2D eigenvalue weighted by Crippen LogP contribution is 2.42. The molecule has 1 atom stereocenters. The molecule has 2 heterocycles. The number of rotatable bonds is 0. The second-order valence-corrected chi connectivity index (χ2v) is 6.03. The predicted molar refractivity (Wildman–Crippen MR) is 80.9 cm³/mol. The molecule has 5 nitrogen and oxygen atoms in total. The normalized spacial score (nSPS) is 24.2. The second kappa shape index (κ2) is 5.41. The van der Waals surface area contributed by atoms with Crippen LogP contribution in [-0.2, 0) is 11.2 Å². The van der Waals surface area contributed by atoms with Gasteiger partial charge in [-0.2, -0.15) is 0 Å². The number of hydrogen-bond acceptors (Lipinski definition) is 5. The number of Topliss-reactive ketones (excluding diaryl/α,β-unsaturated/α-hetero) is 1. The molecule has 1 aromatic carbocycles. The molecule has 1 unspecified atom stereocenters. The lowest BCUT2D eigenvalue weighted by Gasteiger charge is -2.16. The van der Waals surface area contributed by atoms with Gasteiger partial charge in [0.15, 0.2) is 17.3 Å². The molecule has 116 valence electrons. The monoisotopic (exact) mass is 301 g/mol. The average Bonchev–Trinajstić information content (AvgIpc) is 3.07. The smallest absolute Gasteiger partial charge is 0.231 e. The SMILES string of the molecule is O=C1C2=C(CCCNCCc3cc4c(cc32)OCO4)CC1O. The van der Waals surface area contributed by atoms with E-state index in [2.05, 4.69) is 5.32 Å². The van der Waals surface area contributed by atoms with Crippen LogP contribution in [-0.4, -0.2) is 36.9 Å². The first-order chi connectivity index (χ1) is 10.7. The Kier molecular flexibility index (Phi) is 3.39. The van der Waals surface area contributed by atoms with E-state index in [4.69, 9.17) is 9.47 Å². The van der Waals surface area contributed by atoms with Crippen LogP contribution >= 0.6 is 0 Å². The molecule has 0 saturated heterocycles. The molecule has 3 aliphatic rings. The standard InChI is InChI=1S/C17H19NO4/c19-13-6-11-2-1-4-18-5-3-10-7-14-15(22-9-21-14)8-12(10)16(11)17(13)20/h7-8,13,18-19H,1-6,9H2. The van der Waals surface area contributed by atoms with Crippen molar-refractivity contribution in [2.75, 3.05) is 19.9 Å². The fourth-order valence-corrected chi connectivity index (χ4v) is 3.52. The highest BCUT2D eigenvalue weighted by Gasteiger charge is 2.34. The second-order valence-electron chi connectivity index (χ2n) is 6.03. The molecule has 5 heteroatoms. The topological polar surface area (TPSA) is 67.8 Å². The van der Waals surface area contributed by atoms with Crippen molar-refractivity contribution in [1.82, 2.24) is 5.32 Å². The van der Waals surface area contributed by atoms with Crippen molar-refractivity contribution >= 4 is 11.4 Å². The molecule has 22 heavy (non-hydrogen) atoms. The molecule has 1 aliphatic carbocycles. The lowest BCUT2D eigenvalue weighted by molar-refractivity contribution is -0.120. The van der Waals surface area contributed by atoms with Gasteiger partial charge in [0.25, 0.3) is 0 Å². The number of aliphatic hydroxyl groups excluding tert-OH is 1. The van der Waals surface area contributed by atoms with Gasteiger partial charge >= 0.3 is 0 Å². The first kappa shape index (κ1) is 13.8. The summed E-state index contributed by atoms with van der Waals surface area (Å²) in [5.41, 5.74) is 3.77. The van der Waals surface area contributed by atoms with E-state index in [1.807, 2.05) is 12.1 Å².